The number of thioether (sulfide) groups is 1. The van der Waals surface area contributed by atoms with Crippen molar-refractivity contribution in [3.63, 3.8) is 0 Å². The molecule has 1 aliphatic carbocycles. The molecule has 0 spiro atoms. The molecule has 3 atom stereocenters. The lowest BCUT2D eigenvalue weighted by atomic mass is 10.0. The highest BCUT2D eigenvalue weighted by Gasteiger charge is 2.45. The molecule has 0 unspecified atom stereocenters. The molecule has 0 aliphatic heterocycles. The lowest BCUT2D eigenvalue weighted by Gasteiger charge is -2.16. The Bertz CT molecular complexity index is 460. The molecular formula is C20H33F3O2S. The highest BCUT2D eigenvalue weighted by molar-refractivity contribution is 8.03. The number of aliphatic hydroxyl groups excluding tert-OH is 2. The van der Waals surface area contributed by atoms with E-state index in [-0.39, 0.29) is 11.3 Å². The molecular weight excluding hydrogens is 361 g/mol. The topological polar surface area (TPSA) is 40.5 Å². The van der Waals surface area contributed by atoms with E-state index < -0.39 is 29.9 Å². The molecule has 0 aromatic carbocycles. The molecule has 6 heteroatoms. The quantitative estimate of drug-likeness (QED) is 0.315. The molecule has 2 N–H and O–H groups in total. The fourth-order valence-corrected chi connectivity index (χ4v) is 4.50. The number of unbranched alkanes of at least 4 members (excludes halogenated alkanes) is 5. The lowest BCUT2D eigenvalue weighted by molar-refractivity contribution is -0.0950. The monoisotopic (exact) mass is 394 g/mol. The van der Waals surface area contributed by atoms with Crippen LogP contribution >= 0.6 is 11.8 Å². The van der Waals surface area contributed by atoms with Gasteiger partial charge < -0.3 is 10.2 Å². The van der Waals surface area contributed by atoms with Crippen molar-refractivity contribution in [2.75, 3.05) is 5.75 Å². The van der Waals surface area contributed by atoms with Crippen LogP contribution in [-0.2, 0) is 0 Å². The maximum atomic E-state index is 13.3. The van der Waals surface area contributed by atoms with Crippen molar-refractivity contribution >= 4 is 11.8 Å². The van der Waals surface area contributed by atoms with Gasteiger partial charge in [-0.1, -0.05) is 64.5 Å². The Morgan fingerprint density at radius 2 is 1.77 bits per heavy atom. The van der Waals surface area contributed by atoms with Gasteiger partial charge >= 0.3 is 6.18 Å². The maximum absolute atomic E-state index is 13.3. The van der Waals surface area contributed by atoms with E-state index in [0.29, 0.717) is 12.2 Å². The summed E-state index contributed by atoms with van der Waals surface area (Å²) in [5.41, 5.74) is -0.597. The van der Waals surface area contributed by atoms with Gasteiger partial charge in [0.25, 0.3) is 0 Å². The van der Waals surface area contributed by atoms with E-state index in [1.807, 2.05) is 0 Å². The average molecular weight is 395 g/mol. The third kappa shape index (κ3) is 8.05. The van der Waals surface area contributed by atoms with Gasteiger partial charge in [-0.15, -0.1) is 11.8 Å². The molecule has 1 aliphatic rings. The molecule has 0 fully saturated rings. The molecule has 0 saturated heterocycles. The van der Waals surface area contributed by atoms with Crippen molar-refractivity contribution in [2.24, 2.45) is 5.92 Å². The zero-order chi connectivity index (χ0) is 19.6. The van der Waals surface area contributed by atoms with E-state index >= 15 is 0 Å². The first kappa shape index (κ1) is 23.6. The van der Waals surface area contributed by atoms with Gasteiger partial charge in [0.2, 0.25) is 0 Å². The van der Waals surface area contributed by atoms with Crippen molar-refractivity contribution in [3.05, 3.63) is 22.6 Å². The van der Waals surface area contributed by atoms with Gasteiger partial charge in [-0.3, -0.25) is 0 Å². The second-order valence-corrected chi connectivity index (χ2v) is 8.13. The number of alkyl halides is 3. The van der Waals surface area contributed by atoms with E-state index in [0.717, 1.165) is 44.9 Å². The fourth-order valence-electron chi connectivity index (χ4n) is 3.13. The van der Waals surface area contributed by atoms with Gasteiger partial charge in [-0.2, -0.15) is 13.2 Å². The minimum atomic E-state index is -4.41. The van der Waals surface area contributed by atoms with E-state index in [9.17, 15) is 23.4 Å². The summed E-state index contributed by atoms with van der Waals surface area (Å²) >= 11 is 1.22. The first-order valence-electron chi connectivity index (χ1n) is 9.78. The molecule has 0 bridgehead atoms. The van der Waals surface area contributed by atoms with E-state index in [2.05, 4.69) is 13.8 Å². The van der Waals surface area contributed by atoms with Crippen molar-refractivity contribution in [1.29, 1.82) is 0 Å². The van der Waals surface area contributed by atoms with E-state index in [1.54, 1.807) is 12.2 Å². The molecule has 0 aromatic heterocycles. The van der Waals surface area contributed by atoms with Crippen LogP contribution in [0.1, 0.15) is 71.6 Å². The van der Waals surface area contributed by atoms with E-state index in [4.69, 9.17) is 0 Å². The first-order chi connectivity index (χ1) is 12.3. The predicted octanol–water partition coefficient (Wildman–Crippen LogP) is 5.99. The normalized spacial score (nSPS) is 22.6. The SMILES string of the molecule is CCCCCCSC1=C(C(F)(F)F)C[C@@H](O)[C@@H]1C=C[C@@H](O)CCCCC. The van der Waals surface area contributed by atoms with Crippen LogP contribution in [0, 0.1) is 5.92 Å². The summed E-state index contributed by atoms with van der Waals surface area (Å²) in [5.74, 6) is -0.0333. The molecule has 0 saturated carbocycles. The summed E-state index contributed by atoms with van der Waals surface area (Å²) < 4.78 is 40.0. The number of rotatable bonds is 12. The Kier molecular flexibility index (Phi) is 11.0. The van der Waals surface area contributed by atoms with Crippen molar-refractivity contribution in [2.45, 2.75) is 90.0 Å². The zero-order valence-corrected chi connectivity index (χ0v) is 16.7. The molecule has 0 aromatic rings. The zero-order valence-electron chi connectivity index (χ0n) is 15.9. The van der Waals surface area contributed by atoms with Gasteiger partial charge in [0.05, 0.1) is 12.2 Å². The molecule has 0 radical (unpaired) electrons. The van der Waals surface area contributed by atoms with Gasteiger partial charge in [-0.25, -0.2) is 0 Å². The highest BCUT2D eigenvalue weighted by Crippen LogP contribution is 2.47. The van der Waals surface area contributed by atoms with Crippen LogP contribution < -0.4 is 0 Å². The largest absolute Gasteiger partial charge is 0.413 e. The molecule has 2 nitrogen and oxygen atoms in total. The summed E-state index contributed by atoms with van der Waals surface area (Å²) in [5, 5.41) is 20.2. The van der Waals surface area contributed by atoms with Crippen LogP contribution in [-0.4, -0.2) is 34.4 Å². The molecule has 0 amide bonds. The standard InChI is InChI=1S/C20H33F3O2S/c1-3-5-7-9-13-26-19-16(12-11-15(24)10-8-6-4-2)18(25)14-17(19)20(21,22)23/h11-12,15-16,18,24-25H,3-10,13-14H2,1-2H3/t15-,16-,18+/m0/s1. The van der Waals surface area contributed by atoms with Crippen molar-refractivity contribution < 1.29 is 23.4 Å². The van der Waals surface area contributed by atoms with Gasteiger partial charge in [0.1, 0.15) is 0 Å². The minimum Gasteiger partial charge on any atom is -0.392 e. The molecule has 152 valence electrons. The Labute approximate surface area is 159 Å². The van der Waals surface area contributed by atoms with Crippen molar-refractivity contribution in [1.82, 2.24) is 0 Å². The second-order valence-electron chi connectivity index (χ2n) is 6.99. The molecule has 0 heterocycles. The summed E-state index contributed by atoms with van der Waals surface area (Å²) in [4.78, 5) is 0.235. The minimum absolute atomic E-state index is 0.235. The molecule has 1 rings (SSSR count). The number of hydrogen-bond donors (Lipinski definition) is 2. The van der Waals surface area contributed by atoms with Gasteiger partial charge in [0.15, 0.2) is 0 Å². The Morgan fingerprint density at radius 1 is 1.12 bits per heavy atom. The van der Waals surface area contributed by atoms with Crippen LogP contribution in [0.25, 0.3) is 0 Å². The fraction of sp³-hybridized carbons (Fsp3) is 0.800. The number of halogens is 3. The summed E-state index contributed by atoms with van der Waals surface area (Å²) in [6, 6.07) is 0. The Balaban J connectivity index is 2.77. The summed E-state index contributed by atoms with van der Waals surface area (Å²) in [6.07, 6.45) is 4.25. The highest BCUT2D eigenvalue weighted by atomic mass is 32.2. The van der Waals surface area contributed by atoms with Crippen LogP contribution in [0.5, 0.6) is 0 Å². The predicted molar refractivity (Wildman–Crippen MR) is 103 cm³/mol. The van der Waals surface area contributed by atoms with Gasteiger partial charge in [0, 0.05) is 22.8 Å². The third-order valence-electron chi connectivity index (χ3n) is 4.67. The van der Waals surface area contributed by atoms with Crippen molar-refractivity contribution in [3.8, 4) is 0 Å². The summed E-state index contributed by atoms with van der Waals surface area (Å²) in [7, 11) is 0. The smallest absolute Gasteiger partial charge is 0.392 e. The maximum Gasteiger partial charge on any atom is 0.413 e. The lowest BCUT2D eigenvalue weighted by Crippen LogP contribution is -2.15. The van der Waals surface area contributed by atoms with Crippen LogP contribution in [0.4, 0.5) is 13.2 Å². The number of hydrogen-bond acceptors (Lipinski definition) is 3. The van der Waals surface area contributed by atoms with E-state index in [1.165, 1.54) is 11.8 Å². The average Bonchev–Trinajstić information content (AvgIpc) is 2.89. The van der Waals surface area contributed by atoms with Crippen LogP contribution in [0.3, 0.4) is 0 Å². The van der Waals surface area contributed by atoms with Gasteiger partial charge in [-0.05, 0) is 18.6 Å². The summed E-state index contributed by atoms with van der Waals surface area (Å²) in [6.45, 7) is 4.17. The third-order valence-corrected chi connectivity index (χ3v) is 5.99. The Morgan fingerprint density at radius 3 is 2.38 bits per heavy atom. The van der Waals surface area contributed by atoms with Crippen LogP contribution in [0.2, 0.25) is 0 Å². The number of aliphatic hydroxyl groups is 2. The molecule has 26 heavy (non-hydrogen) atoms. The second kappa shape index (κ2) is 12.1. The first-order valence-corrected chi connectivity index (χ1v) is 10.8. The Hall–Kier alpha value is -0.460. The van der Waals surface area contributed by atoms with Crippen LogP contribution in [0.15, 0.2) is 22.6 Å².